The Labute approximate surface area is 222 Å². The Kier molecular flexibility index (Phi) is 8.72. The quantitative estimate of drug-likeness (QED) is 0.208. The number of carboxylic acid groups (broad SMARTS) is 1. The van der Waals surface area contributed by atoms with Crippen LogP contribution in [-0.4, -0.2) is 29.3 Å². The Morgan fingerprint density at radius 2 is 1.70 bits per heavy atom. The van der Waals surface area contributed by atoms with Crippen molar-refractivity contribution in [3.05, 3.63) is 112 Å². The highest BCUT2D eigenvalue weighted by Crippen LogP contribution is 2.34. The van der Waals surface area contributed by atoms with E-state index < -0.39 is 11.8 Å². The number of nitrogens with zero attached hydrogens (tertiary/aromatic N) is 1. The van der Waals surface area contributed by atoms with Crippen LogP contribution >= 0.6 is 11.6 Å². The number of hydrogen-bond acceptors (Lipinski definition) is 4. The highest BCUT2D eigenvalue weighted by molar-refractivity contribution is 6.31. The first kappa shape index (κ1) is 26.6. The summed E-state index contributed by atoms with van der Waals surface area (Å²) in [6.07, 6.45) is 4.93. The summed E-state index contributed by atoms with van der Waals surface area (Å²) in [6.45, 7) is 4.76. The van der Waals surface area contributed by atoms with Gasteiger partial charge in [0.1, 0.15) is 0 Å². The van der Waals surface area contributed by atoms with Crippen molar-refractivity contribution in [3.63, 3.8) is 0 Å². The van der Waals surface area contributed by atoms with Crippen LogP contribution in [0.2, 0.25) is 5.02 Å². The van der Waals surface area contributed by atoms with E-state index in [1.165, 1.54) is 0 Å². The van der Waals surface area contributed by atoms with Crippen molar-refractivity contribution in [3.8, 4) is 0 Å². The van der Waals surface area contributed by atoms with Gasteiger partial charge >= 0.3 is 5.97 Å². The summed E-state index contributed by atoms with van der Waals surface area (Å²) in [5.41, 5.74) is 4.57. The number of benzene rings is 3. The molecule has 5 nitrogen and oxygen atoms in total. The van der Waals surface area contributed by atoms with E-state index in [9.17, 15) is 9.90 Å². The second kappa shape index (κ2) is 12.2. The number of halogens is 1. The fourth-order valence-electron chi connectivity index (χ4n) is 4.47. The molecule has 1 N–H and O–H groups in total. The Hall–Kier alpha value is -3.51. The molecule has 0 saturated carbocycles. The minimum Gasteiger partial charge on any atom is -0.478 e. The van der Waals surface area contributed by atoms with Crippen LogP contribution in [0.15, 0.2) is 78.9 Å². The molecule has 0 amide bonds. The maximum Gasteiger partial charge on any atom is 0.335 e. The summed E-state index contributed by atoms with van der Waals surface area (Å²) in [6, 6.07) is 24.7. The first-order valence-corrected chi connectivity index (χ1v) is 12.8. The predicted molar refractivity (Wildman–Crippen MR) is 149 cm³/mol. The third kappa shape index (κ3) is 6.44. The first-order valence-electron chi connectivity index (χ1n) is 12.4. The van der Waals surface area contributed by atoms with Gasteiger partial charge < -0.3 is 14.6 Å². The molecule has 0 atom stereocenters. The van der Waals surface area contributed by atoms with E-state index in [-0.39, 0.29) is 0 Å². The van der Waals surface area contributed by atoms with E-state index in [0.29, 0.717) is 36.6 Å². The van der Waals surface area contributed by atoms with Gasteiger partial charge in [0.05, 0.1) is 16.8 Å². The molecule has 0 aliphatic carbocycles. The van der Waals surface area contributed by atoms with E-state index >= 15 is 0 Å². The lowest BCUT2D eigenvalue weighted by Gasteiger charge is -2.34. The Morgan fingerprint density at radius 1 is 0.946 bits per heavy atom. The molecule has 4 aromatic rings. The first-order chi connectivity index (χ1) is 17.9. The van der Waals surface area contributed by atoms with Crippen LogP contribution in [-0.2, 0) is 21.7 Å². The molecule has 0 aliphatic heterocycles. The summed E-state index contributed by atoms with van der Waals surface area (Å²) >= 11 is 6.13. The number of pyridine rings is 1. The molecule has 1 heterocycles. The van der Waals surface area contributed by atoms with Crippen molar-refractivity contribution in [2.24, 2.45) is 0 Å². The zero-order chi connectivity index (χ0) is 26.3. The second-order valence-corrected chi connectivity index (χ2v) is 9.05. The van der Waals surface area contributed by atoms with E-state index in [4.69, 9.17) is 26.1 Å². The van der Waals surface area contributed by atoms with Gasteiger partial charge in [-0.3, -0.25) is 0 Å². The van der Waals surface area contributed by atoms with Gasteiger partial charge in [0, 0.05) is 35.6 Å². The molecule has 4 rings (SSSR count). The number of carboxylic acids is 1. The molecule has 6 heteroatoms. The molecular weight excluding hydrogens is 486 g/mol. The van der Waals surface area contributed by atoms with Crippen LogP contribution in [0, 0.1) is 0 Å². The van der Waals surface area contributed by atoms with Crippen molar-refractivity contribution < 1.29 is 19.4 Å². The van der Waals surface area contributed by atoms with Gasteiger partial charge in [-0.1, -0.05) is 66.2 Å². The maximum atomic E-state index is 11.7. The average molecular weight is 516 g/mol. The fourth-order valence-corrected chi connectivity index (χ4v) is 4.64. The highest BCUT2D eigenvalue weighted by atomic mass is 35.5. The lowest BCUT2D eigenvalue weighted by atomic mass is 9.94. The zero-order valence-corrected chi connectivity index (χ0v) is 21.7. The molecule has 190 valence electrons. The van der Waals surface area contributed by atoms with Gasteiger partial charge in [-0.25, -0.2) is 9.78 Å². The van der Waals surface area contributed by atoms with E-state index in [2.05, 4.69) is 0 Å². The van der Waals surface area contributed by atoms with Crippen LogP contribution in [0.4, 0.5) is 0 Å². The Bertz CT molecular complexity index is 1410. The average Bonchev–Trinajstić information content (AvgIpc) is 2.91. The Morgan fingerprint density at radius 3 is 2.46 bits per heavy atom. The minimum absolute atomic E-state index is 0.297. The molecule has 0 spiro atoms. The van der Waals surface area contributed by atoms with Gasteiger partial charge in [0.15, 0.2) is 5.79 Å². The van der Waals surface area contributed by atoms with Gasteiger partial charge in [-0.2, -0.15) is 0 Å². The molecule has 3 aromatic carbocycles. The molecule has 0 unspecified atom stereocenters. The smallest absolute Gasteiger partial charge is 0.335 e. The number of carbonyl (C=O) groups is 1. The summed E-state index contributed by atoms with van der Waals surface area (Å²) < 4.78 is 12.5. The van der Waals surface area contributed by atoms with Gasteiger partial charge in [-0.15, -0.1) is 0 Å². The number of fused-ring (bicyclic) bond motifs is 1. The molecular formula is C31H30ClNO4. The summed E-state index contributed by atoms with van der Waals surface area (Å²) in [5.74, 6) is -1.94. The largest absolute Gasteiger partial charge is 0.478 e. The van der Waals surface area contributed by atoms with Crippen LogP contribution in [0.5, 0.6) is 0 Å². The van der Waals surface area contributed by atoms with E-state index in [1.54, 1.807) is 12.1 Å². The maximum absolute atomic E-state index is 11.7. The third-order valence-electron chi connectivity index (χ3n) is 6.17. The molecule has 1 aromatic heterocycles. The Balaban J connectivity index is 1.63. The van der Waals surface area contributed by atoms with Gasteiger partial charge in [-0.05, 0) is 67.8 Å². The van der Waals surface area contributed by atoms with Crippen LogP contribution in [0.1, 0.15) is 53.0 Å². The summed E-state index contributed by atoms with van der Waals surface area (Å²) in [5, 5.41) is 11.3. The SMILES string of the molecule is CCOC(CCc1ccccc1C(=O)O)(OCC)c1cccc(/C=C/c2ccc3ccc(Cl)cc3n2)c1. The van der Waals surface area contributed by atoms with Crippen molar-refractivity contribution >= 4 is 40.6 Å². The molecule has 0 fully saturated rings. The number of ether oxygens (including phenoxy) is 2. The number of aromatic carboxylic acids is 1. The number of aryl methyl sites for hydroxylation is 1. The molecule has 0 saturated heterocycles. The molecule has 0 bridgehead atoms. The zero-order valence-electron chi connectivity index (χ0n) is 21.0. The van der Waals surface area contributed by atoms with Crippen LogP contribution in [0.3, 0.4) is 0 Å². The van der Waals surface area contributed by atoms with Crippen molar-refractivity contribution in [2.75, 3.05) is 13.2 Å². The monoisotopic (exact) mass is 515 g/mol. The number of rotatable bonds is 11. The van der Waals surface area contributed by atoms with Gasteiger partial charge in [0.25, 0.3) is 0 Å². The van der Waals surface area contributed by atoms with Crippen LogP contribution in [0.25, 0.3) is 23.1 Å². The molecule has 37 heavy (non-hydrogen) atoms. The van der Waals surface area contributed by atoms with E-state index in [0.717, 1.165) is 33.3 Å². The van der Waals surface area contributed by atoms with Crippen LogP contribution < -0.4 is 0 Å². The normalized spacial score (nSPS) is 11.9. The predicted octanol–water partition coefficient (Wildman–Crippen LogP) is 7.62. The molecule has 0 aliphatic rings. The highest BCUT2D eigenvalue weighted by Gasteiger charge is 2.34. The second-order valence-electron chi connectivity index (χ2n) is 8.61. The lowest BCUT2D eigenvalue weighted by Crippen LogP contribution is -2.34. The fraction of sp³-hybridized carbons (Fsp3) is 0.226. The lowest BCUT2D eigenvalue weighted by molar-refractivity contribution is -0.246. The topological polar surface area (TPSA) is 68.7 Å². The third-order valence-corrected chi connectivity index (χ3v) is 6.41. The van der Waals surface area contributed by atoms with Crippen molar-refractivity contribution in [1.29, 1.82) is 0 Å². The number of hydrogen-bond donors (Lipinski definition) is 1. The number of aromatic nitrogens is 1. The standard InChI is InChI=1S/C31H30ClNO4/c1-3-36-31(37-4-2,19-18-23-9-5-6-11-28(23)30(34)35)25-10-7-8-22(20-25)12-16-27-17-14-24-13-15-26(32)21-29(24)33-27/h5-17,20-21H,3-4,18-19H2,1-2H3,(H,34,35)/b16-12+. The van der Waals surface area contributed by atoms with Gasteiger partial charge in [0.2, 0.25) is 0 Å². The van der Waals surface area contributed by atoms with Crippen molar-refractivity contribution in [2.45, 2.75) is 32.5 Å². The van der Waals surface area contributed by atoms with Crippen molar-refractivity contribution in [1.82, 2.24) is 4.98 Å². The van der Waals surface area contributed by atoms with E-state index in [1.807, 2.05) is 92.7 Å². The summed E-state index contributed by atoms with van der Waals surface area (Å²) in [4.78, 5) is 16.4. The summed E-state index contributed by atoms with van der Waals surface area (Å²) in [7, 11) is 0. The molecule has 0 radical (unpaired) electrons. The minimum atomic E-state index is -1.00.